The molecule has 4 rings (SSSR count). The van der Waals surface area contributed by atoms with Gasteiger partial charge in [0.25, 0.3) is 0 Å². The number of nitrogens with zero attached hydrogens (tertiary/aromatic N) is 4. The topological polar surface area (TPSA) is 114 Å². The second kappa shape index (κ2) is 7.08. The zero-order valence-electron chi connectivity index (χ0n) is 15.7. The molecule has 3 fully saturated rings. The van der Waals surface area contributed by atoms with Gasteiger partial charge in [0, 0.05) is 26.1 Å². The van der Waals surface area contributed by atoms with Crippen molar-refractivity contribution in [3.8, 4) is 0 Å². The fraction of sp³-hybridized carbons (Fsp3) is 0.765. The Labute approximate surface area is 162 Å². The molecule has 3 aliphatic heterocycles. The van der Waals surface area contributed by atoms with E-state index in [0.29, 0.717) is 24.8 Å². The van der Waals surface area contributed by atoms with Gasteiger partial charge >= 0.3 is 0 Å². The van der Waals surface area contributed by atoms with Crippen LogP contribution in [0.2, 0.25) is 0 Å². The number of hydrogen-bond donors (Lipinski definition) is 2. The average molecular weight is 395 g/mol. The molecule has 9 nitrogen and oxygen atoms in total. The van der Waals surface area contributed by atoms with Gasteiger partial charge in [-0.1, -0.05) is 11.3 Å². The van der Waals surface area contributed by atoms with Crippen LogP contribution in [0.5, 0.6) is 0 Å². The monoisotopic (exact) mass is 394 g/mol. The minimum Gasteiger partial charge on any atom is -0.368 e. The Hall–Kier alpha value is -1.62. The molecule has 0 saturated carbocycles. The van der Waals surface area contributed by atoms with E-state index >= 15 is 0 Å². The third-order valence-corrected chi connectivity index (χ3v) is 6.67. The van der Waals surface area contributed by atoms with Crippen LogP contribution in [0.1, 0.15) is 17.8 Å². The van der Waals surface area contributed by atoms with Gasteiger partial charge in [-0.15, -0.1) is 10.2 Å². The summed E-state index contributed by atoms with van der Waals surface area (Å²) in [7, 11) is 4.00. The van der Waals surface area contributed by atoms with Crippen molar-refractivity contribution in [2.45, 2.75) is 31.0 Å². The van der Waals surface area contributed by atoms with Crippen molar-refractivity contribution >= 4 is 28.3 Å². The molecular weight excluding hydrogens is 368 g/mol. The number of likely N-dealkylation sites (tertiary alicyclic amines) is 1. The second-order valence-corrected chi connectivity index (χ2v) is 8.92. The predicted molar refractivity (Wildman–Crippen MR) is 100 cm³/mol. The summed E-state index contributed by atoms with van der Waals surface area (Å²) >= 11 is 1.38. The summed E-state index contributed by atoms with van der Waals surface area (Å²) in [4.78, 5) is 29.7. The van der Waals surface area contributed by atoms with Crippen LogP contribution in [0.4, 0.5) is 5.13 Å². The fourth-order valence-corrected chi connectivity index (χ4v) is 5.33. The molecule has 0 unspecified atom stereocenters. The van der Waals surface area contributed by atoms with Crippen molar-refractivity contribution in [2.75, 3.05) is 45.6 Å². The van der Waals surface area contributed by atoms with E-state index in [1.165, 1.54) is 11.3 Å². The van der Waals surface area contributed by atoms with E-state index in [1.807, 2.05) is 14.1 Å². The highest BCUT2D eigenvalue weighted by Crippen LogP contribution is 2.55. The standard InChI is InChI=1S/C17H26N6O3S/c1-22(2)7-4-11-20-21-16(27-11)19-14(24)12-10-3-5-17(26-10)9-23(8-6-18)15(25)13(12)17/h10,12-13H,3-9,18H2,1-2H3,(H,19,21,24)/t10-,12-,13+,17-/m0/s1. The zero-order chi connectivity index (χ0) is 19.2. The summed E-state index contributed by atoms with van der Waals surface area (Å²) in [5.74, 6) is -1.08. The number of anilines is 1. The van der Waals surface area contributed by atoms with Gasteiger partial charge in [0.05, 0.1) is 30.1 Å². The molecule has 3 aliphatic rings. The molecule has 1 spiro atoms. The molecule has 2 bridgehead atoms. The van der Waals surface area contributed by atoms with Crippen molar-refractivity contribution in [3.05, 3.63) is 5.01 Å². The van der Waals surface area contributed by atoms with Crippen LogP contribution in [0, 0.1) is 11.8 Å². The number of amides is 2. The van der Waals surface area contributed by atoms with Gasteiger partial charge in [0.15, 0.2) is 0 Å². The van der Waals surface area contributed by atoms with E-state index in [9.17, 15) is 9.59 Å². The lowest BCUT2D eigenvalue weighted by atomic mass is 9.73. The molecular formula is C17H26N6O3S. The molecule has 3 N–H and O–H groups in total. The van der Waals surface area contributed by atoms with Gasteiger partial charge in [0.2, 0.25) is 16.9 Å². The highest BCUT2D eigenvalue weighted by molar-refractivity contribution is 7.15. The molecule has 4 heterocycles. The summed E-state index contributed by atoms with van der Waals surface area (Å²) in [5, 5.41) is 12.5. The van der Waals surface area contributed by atoms with Crippen molar-refractivity contribution in [3.63, 3.8) is 0 Å². The fourth-order valence-electron chi connectivity index (χ4n) is 4.60. The van der Waals surface area contributed by atoms with Crippen LogP contribution in [0.25, 0.3) is 0 Å². The van der Waals surface area contributed by atoms with Crippen molar-refractivity contribution < 1.29 is 14.3 Å². The van der Waals surface area contributed by atoms with Crippen molar-refractivity contribution in [1.29, 1.82) is 0 Å². The van der Waals surface area contributed by atoms with Gasteiger partial charge in [-0.25, -0.2) is 0 Å². The van der Waals surface area contributed by atoms with Gasteiger partial charge < -0.3 is 25.6 Å². The normalized spacial score (nSPS) is 31.8. The molecule has 148 valence electrons. The number of nitrogens with one attached hydrogen (secondary N) is 1. The Kier molecular flexibility index (Phi) is 4.91. The first-order valence-corrected chi connectivity index (χ1v) is 10.2. The second-order valence-electron chi connectivity index (χ2n) is 7.86. The van der Waals surface area contributed by atoms with Gasteiger partial charge in [-0.05, 0) is 26.9 Å². The SMILES string of the molecule is CN(C)CCc1nnc(NC(=O)[C@H]2[C@@H]3CC[C@@]4(CN(CCN)C(=O)[C@@H]24)O3)s1. The molecule has 27 heavy (non-hydrogen) atoms. The van der Waals surface area contributed by atoms with Crippen LogP contribution in [-0.2, 0) is 20.7 Å². The Morgan fingerprint density at radius 2 is 2.30 bits per heavy atom. The third-order valence-electron chi connectivity index (χ3n) is 5.77. The number of likely N-dealkylation sites (N-methyl/N-ethyl adjacent to an activating group) is 1. The molecule has 2 amide bonds. The highest BCUT2D eigenvalue weighted by Gasteiger charge is 2.68. The summed E-state index contributed by atoms with van der Waals surface area (Å²) in [5.41, 5.74) is 5.11. The first-order valence-electron chi connectivity index (χ1n) is 9.38. The van der Waals surface area contributed by atoms with Crippen LogP contribution in [0.15, 0.2) is 0 Å². The number of carbonyl (C=O) groups excluding carboxylic acids is 2. The van der Waals surface area contributed by atoms with Gasteiger partial charge in [-0.3, -0.25) is 9.59 Å². The summed E-state index contributed by atoms with van der Waals surface area (Å²) in [6.45, 7) is 2.33. The van der Waals surface area contributed by atoms with Crippen LogP contribution in [-0.4, -0.2) is 83.8 Å². The molecule has 0 aliphatic carbocycles. The number of nitrogens with two attached hydrogens (primary N) is 1. The largest absolute Gasteiger partial charge is 0.368 e. The molecule has 0 aromatic carbocycles. The summed E-state index contributed by atoms with van der Waals surface area (Å²) in [6, 6.07) is 0. The molecule has 3 saturated heterocycles. The maximum atomic E-state index is 13.0. The van der Waals surface area contributed by atoms with E-state index in [1.54, 1.807) is 4.90 Å². The zero-order valence-corrected chi connectivity index (χ0v) is 16.5. The quantitative estimate of drug-likeness (QED) is 0.644. The Morgan fingerprint density at radius 1 is 1.48 bits per heavy atom. The van der Waals surface area contributed by atoms with Crippen molar-refractivity contribution in [2.24, 2.45) is 17.6 Å². The maximum Gasteiger partial charge on any atom is 0.232 e. The van der Waals surface area contributed by atoms with Crippen LogP contribution < -0.4 is 11.1 Å². The minimum absolute atomic E-state index is 0.00765. The molecule has 4 atom stereocenters. The van der Waals surface area contributed by atoms with Gasteiger partial charge in [-0.2, -0.15) is 0 Å². The first kappa shape index (κ1) is 18.7. The lowest BCUT2D eigenvalue weighted by Gasteiger charge is -2.26. The number of hydrogen-bond acceptors (Lipinski definition) is 8. The van der Waals surface area contributed by atoms with E-state index in [2.05, 4.69) is 20.4 Å². The van der Waals surface area contributed by atoms with E-state index < -0.39 is 17.4 Å². The first-order chi connectivity index (χ1) is 12.9. The number of rotatable bonds is 7. The predicted octanol–water partition coefficient (Wildman–Crippen LogP) is -0.455. The number of aromatic nitrogens is 2. The highest BCUT2D eigenvalue weighted by atomic mass is 32.1. The summed E-state index contributed by atoms with van der Waals surface area (Å²) in [6.07, 6.45) is 2.23. The third kappa shape index (κ3) is 3.24. The van der Waals surface area contributed by atoms with E-state index in [0.717, 1.165) is 30.8 Å². The van der Waals surface area contributed by atoms with Gasteiger partial charge in [0.1, 0.15) is 5.01 Å². The van der Waals surface area contributed by atoms with E-state index in [-0.39, 0.29) is 17.9 Å². The van der Waals surface area contributed by atoms with Crippen molar-refractivity contribution in [1.82, 2.24) is 20.0 Å². The lowest BCUT2D eigenvalue weighted by molar-refractivity contribution is -0.136. The molecule has 0 radical (unpaired) electrons. The Morgan fingerprint density at radius 3 is 3.04 bits per heavy atom. The average Bonchev–Trinajstić information content (AvgIpc) is 3.35. The Bertz CT molecular complexity index is 740. The number of fused-ring (bicyclic) bond motifs is 1. The Balaban J connectivity index is 1.45. The minimum atomic E-state index is -0.517. The molecule has 1 aromatic heterocycles. The lowest BCUT2D eigenvalue weighted by Crippen LogP contribution is -2.43. The summed E-state index contributed by atoms with van der Waals surface area (Å²) < 4.78 is 6.17. The van der Waals surface area contributed by atoms with Crippen LogP contribution in [0.3, 0.4) is 0 Å². The molecule has 10 heteroatoms. The molecule has 1 aromatic rings. The van der Waals surface area contributed by atoms with E-state index in [4.69, 9.17) is 10.5 Å². The number of ether oxygens (including phenoxy) is 1. The number of carbonyl (C=O) groups is 2. The smallest absolute Gasteiger partial charge is 0.232 e. The van der Waals surface area contributed by atoms with Crippen LogP contribution >= 0.6 is 11.3 Å². The maximum absolute atomic E-state index is 13.0.